The summed E-state index contributed by atoms with van der Waals surface area (Å²) in [5, 5.41) is 9.93. The average molecular weight is 505 g/mol. The van der Waals surface area contributed by atoms with Crippen LogP contribution in [0.15, 0.2) is 30.3 Å². The van der Waals surface area contributed by atoms with Crippen molar-refractivity contribution in [3.8, 4) is 0 Å². The molecule has 1 fully saturated rings. The molecule has 2 atom stereocenters. The van der Waals surface area contributed by atoms with E-state index in [1.165, 1.54) is 102 Å². The summed E-state index contributed by atoms with van der Waals surface area (Å²) in [6, 6.07) is 10.2. The fourth-order valence-corrected chi connectivity index (χ4v) is 5.19. The normalized spacial score (nSPS) is 19.8. The fraction of sp³-hybridized carbons (Fsp3) is 0.812. The number of hydrogen-bond acceptors (Lipinski definition) is 4. The van der Waals surface area contributed by atoms with E-state index in [9.17, 15) is 5.11 Å². The highest BCUT2D eigenvalue weighted by Gasteiger charge is 2.39. The van der Waals surface area contributed by atoms with Gasteiger partial charge in [0.25, 0.3) is 0 Å². The number of ether oxygens (including phenoxy) is 3. The van der Waals surface area contributed by atoms with Crippen LogP contribution in [0.4, 0.5) is 0 Å². The largest absolute Gasteiger partial charge is 0.378 e. The highest BCUT2D eigenvalue weighted by molar-refractivity contribution is 5.13. The minimum absolute atomic E-state index is 0.398. The van der Waals surface area contributed by atoms with Crippen LogP contribution in [0.5, 0.6) is 0 Å². The van der Waals surface area contributed by atoms with Gasteiger partial charge in [-0.2, -0.15) is 0 Å². The molecule has 1 aliphatic rings. The lowest BCUT2D eigenvalue weighted by molar-refractivity contribution is -0.167. The zero-order chi connectivity index (χ0) is 25.6. The summed E-state index contributed by atoms with van der Waals surface area (Å²) < 4.78 is 17.8. The first-order valence-electron chi connectivity index (χ1n) is 15.3. The number of aliphatic hydroxyl groups is 1. The van der Waals surface area contributed by atoms with Crippen LogP contribution in [-0.4, -0.2) is 36.8 Å². The van der Waals surface area contributed by atoms with Crippen molar-refractivity contribution < 1.29 is 19.3 Å². The third-order valence-electron chi connectivity index (χ3n) is 7.55. The van der Waals surface area contributed by atoms with Gasteiger partial charge in [0.1, 0.15) is 0 Å². The standard InChI is InChI=1S/C32H56O4/c1-2-3-4-5-6-7-8-9-10-11-12-13-14-15-16-20-26-35-29-32(24-23-31(33)36-32)25-27-34-28-30-21-18-17-19-22-30/h17-19,21-22,31,33H,2-16,20,23-29H2,1H3. The molecule has 1 saturated heterocycles. The topological polar surface area (TPSA) is 47.9 Å². The van der Waals surface area contributed by atoms with Gasteiger partial charge in [0.05, 0.1) is 18.8 Å². The Bertz CT molecular complexity index is 607. The van der Waals surface area contributed by atoms with Gasteiger partial charge in [-0.3, -0.25) is 0 Å². The van der Waals surface area contributed by atoms with Crippen LogP contribution in [0.3, 0.4) is 0 Å². The summed E-state index contributed by atoms with van der Waals surface area (Å²) >= 11 is 0. The maximum Gasteiger partial charge on any atom is 0.155 e. The maximum atomic E-state index is 9.93. The Labute approximate surface area is 222 Å². The summed E-state index contributed by atoms with van der Waals surface area (Å²) in [6.45, 7) is 4.85. The third kappa shape index (κ3) is 15.3. The second-order valence-corrected chi connectivity index (χ2v) is 10.9. The molecule has 2 unspecified atom stereocenters. The van der Waals surface area contributed by atoms with E-state index in [4.69, 9.17) is 14.2 Å². The molecule has 4 heteroatoms. The summed E-state index contributed by atoms with van der Waals surface area (Å²) in [6.07, 6.45) is 23.7. The lowest BCUT2D eigenvalue weighted by atomic mass is 9.97. The minimum atomic E-state index is -0.668. The summed E-state index contributed by atoms with van der Waals surface area (Å²) in [5.41, 5.74) is 0.782. The van der Waals surface area contributed by atoms with Crippen molar-refractivity contribution in [3.63, 3.8) is 0 Å². The molecule has 0 amide bonds. The van der Waals surface area contributed by atoms with Crippen LogP contribution in [-0.2, 0) is 20.8 Å². The van der Waals surface area contributed by atoms with Crippen molar-refractivity contribution in [2.45, 2.75) is 147 Å². The van der Waals surface area contributed by atoms with E-state index < -0.39 is 11.9 Å². The van der Waals surface area contributed by atoms with Crippen molar-refractivity contribution in [3.05, 3.63) is 35.9 Å². The van der Waals surface area contributed by atoms with Gasteiger partial charge in [-0.15, -0.1) is 0 Å². The molecule has 1 aromatic rings. The van der Waals surface area contributed by atoms with Crippen LogP contribution in [0.2, 0.25) is 0 Å². The number of hydrogen-bond donors (Lipinski definition) is 1. The van der Waals surface area contributed by atoms with Crippen molar-refractivity contribution in [2.75, 3.05) is 19.8 Å². The number of aliphatic hydroxyl groups excluding tert-OH is 1. The van der Waals surface area contributed by atoms with E-state index in [0.29, 0.717) is 26.2 Å². The molecule has 4 nitrogen and oxygen atoms in total. The minimum Gasteiger partial charge on any atom is -0.378 e. The maximum absolute atomic E-state index is 9.93. The summed E-state index contributed by atoms with van der Waals surface area (Å²) in [4.78, 5) is 0. The predicted molar refractivity (Wildman–Crippen MR) is 150 cm³/mol. The first-order valence-corrected chi connectivity index (χ1v) is 15.3. The third-order valence-corrected chi connectivity index (χ3v) is 7.55. The molecule has 36 heavy (non-hydrogen) atoms. The van der Waals surface area contributed by atoms with Gasteiger partial charge >= 0.3 is 0 Å². The molecule has 2 rings (SSSR count). The van der Waals surface area contributed by atoms with Crippen molar-refractivity contribution in [1.29, 1.82) is 0 Å². The average Bonchev–Trinajstić information content (AvgIpc) is 3.27. The summed E-state index contributed by atoms with van der Waals surface area (Å²) in [7, 11) is 0. The molecule has 208 valence electrons. The molecule has 1 aliphatic heterocycles. The number of benzene rings is 1. The lowest BCUT2D eigenvalue weighted by Crippen LogP contribution is -2.36. The zero-order valence-electron chi connectivity index (χ0n) is 23.4. The highest BCUT2D eigenvalue weighted by Crippen LogP contribution is 2.33. The Balaban J connectivity index is 1.38. The highest BCUT2D eigenvalue weighted by atomic mass is 16.6. The van der Waals surface area contributed by atoms with E-state index >= 15 is 0 Å². The Morgan fingerprint density at radius 3 is 1.83 bits per heavy atom. The van der Waals surface area contributed by atoms with Crippen molar-refractivity contribution in [2.24, 2.45) is 0 Å². The van der Waals surface area contributed by atoms with E-state index in [-0.39, 0.29) is 0 Å². The Hall–Kier alpha value is -0.940. The van der Waals surface area contributed by atoms with E-state index in [0.717, 1.165) is 25.9 Å². The second kappa shape index (κ2) is 21.0. The lowest BCUT2D eigenvalue weighted by Gasteiger charge is -2.28. The van der Waals surface area contributed by atoms with Gasteiger partial charge in [0, 0.05) is 26.1 Å². The van der Waals surface area contributed by atoms with Gasteiger partial charge in [0.2, 0.25) is 0 Å². The molecular formula is C32H56O4. The molecule has 0 aromatic heterocycles. The molecule has 0 spiro atoms. The van der Waals surface area contributed by atoms with Gasteiger partial charge in [-0.25, -0.2) is 0 Å². The summed E-state index contributed by atoms with van der Waals surface area (Å²) in [5.74, 6) is 0. The smallest absolute Gasteiger partial charge is 0.155 e. The molecular weight excluding hydrogens is 448 g/mol. The van der Waals surface area contributed by atoms with Gasteiger partial charge in [-0.1, -0.05) is 134 Å². The molecule has 1 heterocycles. The van der Waals surface area contributed by atoms with Crippen LogP contribution < -0.4 is 0 Å². The van der Waals surface area contributed by atoms with Gasteiger partial charge in [0.15, 0.2) is 6.29 Å². The predicted octanol–water partition coefficient (Wildman–Crippen LogP) is 8.74. The SMILES string of the molecule is CCCCCCCCCCCCCCCCCCOCC1(CCOCc2ccccc2)CCC(O)O1. The Kier molecular flexibility index (Phi) is 18.3. The molecule has 0 bridgehead atoms. The fourth-order valence-electron chi connectivity index (χ4n) is 5.19. The quantitative estimate of drug-likeness (QED) is 0.143. The molecule has 1 N–H and O–H groups in total. The molecule has 0 saturated carbocycles. The number of rotatable bonds is 24. The van der Waals surface area contributed by atoms with E-state index in [1.807, 2.05) is 18.2 Å². The van der Waals surface area contributed by atoms with Crippen LogP contribution >= 0.6 is 0 Å². The Morgan fingerprint density at radius 2 is 1.31 bits per heavy atom. The van der Waals surface area contributed by atoms with E-state index in [1.54, 1.807) is 0 Å². The zero-order valence-corrected chi connectivity index (χ0v) is 23.4. The van der Waals surface area contributed by atoms with Crippen LogP contribution in [0.1, 0.15) is 134 Å². The second-order valence-electron chi connectivity index (χ2n) is 10.9. The van der Waals surface area contributed by atoms with E-state index in [2.05, 4.69) is 19.1 Å². The first-order chi connectivity index (χ1) is 17.7. The molecule has 0 radical (unpaired) electrons. The van der Waals surface area contributed by atoms with Crippen LogP contribution in [0.25, 0.3) is 0 Å². The number of unbranched alkanes of at least 4 members (excludes halogenated alkanes) is 15. The van der Waals surface area contributed by atoms with Crippen LogP contribution in [0, 0.1) is 0 Å². The molecule has 1 aromatic carbocycles. The van der Waals surface area contributed by atoms with Gasteiger partial charge < -0.3 is 19.3 Å². The Morgan fingerprint density at radius 1 is 0.750 bits per heavy atom. The first kappa shape index (κ1) is 31.3. The van der Waals surface area contributed by atoms with Crippen molar-refractivity contribution >= 4 is 0 Å². The monoisotopic (exact) mass is 504 g/mol. The molecule has 0 aliphatic carbocycles. The van der Waals surface area contributed by atoms with Gasteiger partial charge in [-0.05, 0) is 18.4 Å². The van der Waals surface area contributed by atoms with Crippen molar-refractivity contribution in [1.82, 2.24) is 0 Å².